The lowest BCUT2D eigenvalue weighted by Crippen LogP contribution is -2.27. The molecule has 16 heavy (non-hydrogen) atoms. The van der Waals surface area contributed by atoms with Gasteiger partial charge in [0, 0.05) is 12.1 Å². The number of nitrogens with zero attached hydrogens (tertiary/aromatic N) is 2. The van der Waals surface area contributed by atoms with Gasteiger partial charge in [-0.25, -0.2) is 0 Å². The van der Waals surface area contributed by atoms with Crippen LogP contribution in [0, 0.1) is 0 Å². The molecule has 3 heteroatoms. The van der Waals surface area contributed by atoms with Gasteiger partial charge in [0.1, 0.15) is 0 Å². The van der Waals surface area contributed by atoms with Crippen LogP contribution in [0.15, 0.2) is 6.20 Å². The van der Waals surface area contributed by atoms with Gasteiger partial charge in [0.05, 0.1) is 17.1 Å². The van der Waals surface area contributed by atoms with Gasteiger partial charge in [0.2, 0.25) is 0 Å². The molecule has 1 fully saturated rings. The molecular weight excluding hydrogens is 198 g/mol. The van der Waals surface area contributed by atoms with Crippen molar-refractivity contribution in [3.63, 3.8) is 0 Å². The summed E-state index contributed by atoms with van der Waals surface area (Å²) in [5.74, 6) is 0.640. The fourth-order valence-corrected chi connectivity index (χ4v) is 2.78. The summed E-state index contributed by atoms with van der Waals surface area (Å²) in [6.07, 6.45) is 9.31. The van der Waals surface area contributed by atoms with E-state index >= 15 is 0 Å². The minimum Gasteiger partial charge on any atom is -0.317 e. The highest BCUT2D eigenvalue weighted by Gasteiger charge is 2.19. The molecule has 2 heterocycles. The first kappa shape index (κ1) is 10.2. The summed E-state index contributed by atoms with van der Waals surface area (Å²) in [4.78, 5) is 9.46. The molecule has 0 aromatic carbocycles. The van der Waals surface area contributed by atoms with E-state index in [-0.39, 0.29) is 0 Å². The summed E-state index contributed by atoms with van der Waals surface area (Å²) in [6.45, 7) is 2.26. The lowest BCUT2D eigenvalue weighted by molar-refractivity contribution is 0.449. The van der Waals surface area contributed by atoms with E-state index in [0.29, 0.717) is 5.92 Å². The zero-order chi connectivity index (χ0) is 10.8. The predicted molar refractivity (Wildman–Crippen MR) is 63.5 cm³/mol. The smallest absolute Gasteiger partial charge is 0.0622 e. The highest BCUT2D eigenvalue weighted by atomic mass is 14.9. The molecule has 1 aromatic heterocycles. The Morgan fingerprint density at radius 1 is 1.06 bits per heavy atom. The first-order valence-corrected chi connectivity index (χ1v) is 6.49. The fourth-order valence-electron chi connectivity index (χ4n) is 2.78. The van der Waals surface area contributed by atoms with E-state index in [4.69, 9.17) is 4.98 Å². The zero-order valence-electron chi connectivity index (χ0n) is 9.71. The molecule has 1 aliphatic carbocycles. The zero-order valence-corrected chi connectivity index (χ0v) is 9.71. The Hall–Kier alpha value is -0.960. The quantitative estimate of drug-likeness (QED) is 0.779. The Kier molecular flexibility index (Phi) is 2.87. The maximum Gasteiger partial charge on any atom is 0.0622 e. The molecule has 1 N–H and O–H groups in total. The maximum atomic E-state index is 4.85. The van der Waals surface area contributed by atoms with Crippen molar-refractivity contribution in [3.8, 4) is 0 Å². The molecule has 0 saturated carbocycles. The van der Waals surface area contributed by atoms with Crippen LogP contribution < -0.4 is 5.32 Å². The van der Waals surface area contributed by atoms with Crippen LogP contribution in [0.1, 0.15) is 48.7 Å². The number of rotatable bonds is 1. The molecule has 0 atom stereocenters. The minimum atomic E-state index is 0.640. The molecule has 1 aromatic rings. The highest BCUT2D eigenvalue weighted by molar-refractivity contribution is 5.19. The predicted octanol–water partition coefficient (Wildman–Crippen LogP) is 1.82. The Morgan fingerprint density at radius 3 is 2.62 bits per heavy atom. The first-order valence-electron chi connectivity index (χ1n) is 6.49. The number of aryl methyl sites for hydroxylation is 2. The fraction of sp³-hybridized carbons (Fsp3) is 0.692. The van der Waals surface area contributed by atoms with E-state index in [2.05, 4.69) is 10.3 Å². The monoisotopic (exact) mass is 217 g/mol. The number of fused-ring (bicyclic) bond motifs is 1. The summed E-state index contributed by atoms with van der Waals surface area (Å²) in [6, 6.07) is 0. The van der Waals surface area contributed by atoms with Gasteiger partial charge in [-0.3, -0.25) is 9.97 Å². The van der Waals surface area contributed by atoms with Gasteiger partial charge in [-0.1, -0.05) is 0 Å². The Morgan fingerprint density at radius 2 is 1.81 bits per heavy atom. The molecule has 0 unspecified atom stereocenters. The third-order valence-electron chi connectivity index (χ3n) is 3.78. The van der Waals surface area contributed by atoms with Crippen LogP contribution in [-0.4, -0.2) is 23.1 Å². The largest absolute Gasteiger partial charge is 0.317 e. The summed E-state index contributed by atoms with van der Waals surface area (Å²) in [5, 5.41) is 3.40. The third-order valence-corrected chi connectivity index (χ3v) is 3.78. The van der Waals surface area contributed by atoms with Crippen molar-refractivity contribution in [2.45, 2.75) is 44.4 Å². The molecule has 2 aliphatic rings. The maximum absolute atomic E-state index is 4.85. The normalized spacial score (nSPS) is 21.8. The molecule has 1 aliphatic heterocycles. The van der Waals surface area contributed by atoms with Crippen LogP contribution in [0.25, 0.3) is 0 Å². The number of hydrogen-bond donors (Lipinski definition) is 1. The standard InChI is InChI=1S/C13H19N3/c1-2-4-12-11(3-1)15-9-13(16-12)10-5-7-14-8-6-10/h9-10,14H,1-8H2. The van der Waals surface area contributed by atoms with E-state index in [1.54, 1.807) is 0 Å². The molecule has 0 radical (unpaired) electrons. The average Bonchev–Trinajstić information content (AvgIpc) is 2.39. The summed E-state index contributed by atoms with van der Waals surface area (Å²) < 4.78 is 0. The van der Waals surface area contributed by atoms with Crippen molar-refractivity contribution in [1.82, 2.24) is 15.3 Å². The SMILES string of the molecule is c1nc2c(nc1C1CCNCC1)CCCC2. The summed E-state index contributed by atoms with van der Waals surface area (Å²) in [7, 11) is 0. The van der Waals surface area contributed by atoms with Crippen molar-refractivity contribution < 1.29 is 0 Å². The van der Waals surface area contributed by atoms with E-state index < -0.39 is 0 Å². The number of hydrogen-bond acceptors (Lipinski definition) is 3. The number of aromatic nitrogens is 2. The van der Waals surface area contributed by atoms with Gasteiger partial charge in [0.15, 0.2) is 0 Å². The van der Waals surface area contributed by atoms with Crippen molar-refractivity contribution >= 4 is 0 Å². The molecule has 0 amide bonds. The Balaban J connectivity index is 1.84. The molecular formula is C13H19N3. The van der Waals surface area contributed by atoms with Gasteiger partial charge in [-0.2, -0.15) is 0 Å². The van der Waals surface area contributed by atoms with Crippen LogP contribution in [0.4, 0.5) is 0 Å². The van der Waals surface area contributed by atoms with Crippen molar-refractivity contribution in [2.24, 2.45) is 0 Å². The summed E-state index contributed by atoms with van der Waals surface area (Å²) in [5.41, 5.74) is 3.77. The number of piperidine rings is 1. The van der Waals surface area contributed by atoms with Gasteiger partial charge in [0.25, 0.3) is 0 Å². The van der Waals surface area contributed by atoms with E-state index in [1.807, 2.05) is 6.20 Å². The molecule has 3 rings (SSSR count). The van der Waals surface area contributed by atoms with E-state index in [9.17, 15) is 0 Å². The van der Waals surface area contributed by atoms with Crippen molar-refractivity contribution in [1.29, 1.82) is 0 Å². The second kappa shape index (κ2) is 4.50. The Bertz CT molecular complexity index is 369. The average molecular weight is 217 g/mol. The van der Waals surface area contributed by atoms with Crippen LogP contribution in [0.2, 0.25) is 0 Å². The minimum absolute atomic E-state index is 0.640. The van der Waals surface area contributed by atoms with Crippen LogP contribution in [0.5, 0.6) is 0 Å². The Labute approximate surface area is 96.7 Å². The molecule has 86 valence electrons. The van der Waals surface area contributed by atoms with Gasteiger partial charge >= 0.3 is 0 Å². The van der Waals surface area contributed by atoms with Crippen LogP contribution in [-0.2, 0) is 12.8 Å². The van der Waals surface area contributed by atoms with E-state index in [1.165, 1.54) is 42.8 Å². The van der Waals surface area contributed by atoms with Crippen LogP contribution in [0.3, 0.4) is 0 Å². The van der Waals surface area contributed by atoms with Gasteiger partial charge in [-0.05, 0) is 51.6 Å². The van der Waals surface area contributed by atoms with Crippen molar-refractivity contribution in [2.75, 3.05) is 13.1 Å². The first-order chi connectivity index (χ1) is 7.93. The highest BCUT2D eigenvalue weighted by Crippen LogP contribution is 2.25. The lowest BCUT2D eigenvalue weighted by Gasteiger charge is -2.23. The van der Waals surface area contributed by atoms with Gasteiger partial charge < -0.3 is 5.32 Å². The molecule has 0 spiro atoms. The number of nitrogens with one attached hydrogen (secondary N) is 1. The lowest BCUT2D eigenvalue weighted by atomic mass is 9.94. The van der Waals surface area contributed by atoms with Crippen molar-refractivity contribution in [3.05, 3.63) is 23.3 Å². The van der Waals surface area contributed by atoms with Crippen LogP contribution >= 0.6 is 0 Å². The van der Waals surface area contributed by atoms with Gasteiger partial charge in [-0.15, -0.1) is 0 Å². The van der Waals surface area contributed by atoms with E-state index in [0.717, 1.165) is 25.9 Å². The third kappa shape index (κ3) is 1.96. The molecule has 1 saturated heterocycles. The second-order valence-electron chi connectivity index (χ2n) is 4.92. The molecule has 0 bridgehead atoms. The second-order valence-corrected chi connectivity index (χ2v) is 4.92. The summed E-state index contributed by atoms with van der Waals surface area (Å²) >= 11 is 0. The topological polar surface area (TPSA) is 37.8 Å². The molecule has 3 nitrogen and oxygen atoms in total.